The third kappa shape index (κ3) is 2.61. The van der Waals surface area contributed by atoms with Crippen LogP contribution in [0.3, 0.4) is 0 Å². The minimum absolute atomic E-state index is 0.0975. The summed E-state index contributed by atoms with van der Waals surface area (Å²) in [5.41, 5.74) is 6.47. The fraction of sp³-hybridized carbons (Fsp3) is 0.750. The highest BCUT2D eigenvalue weighted by molar-refractivity contribution is 5.62. The van der Waals surface area contributed by atoms with Crippen molar-refractivity contribution in [2.45, 2.75) is 32.4 Å². The van der Waals surface area contributed by atoms with E-state index < -0.39 is 0 Å². The van der Waals surface area contributed by atoms with Gasteiger partial charge in [0.25, 0.3) is 0 Å². The molecule has 1 fully saturated rings. The molecule has 1 aliphatic heterocycles. The number of morpholine rings is 1. The summed E-state index contributed by atoms with van der Waals surface area (Å²) in [5, 5.41) is 15.6. The average molecular weight is 283 g/mol. The molecule has 0 radical (unpaired) electrons. The van der Waals surface area contributed by atoms with Crippen molar-refractivity contribution in [3.05, 3.63) is 15.8 Å². The second-order valence-corrected chi connectivity index (χ2v) is 5.07. The Kier molecular flexibility index (Phi) is 4.24. The minimum atomic E-state index is -0.350. The molecule has 0 saturated carbocycles. The molecular weight excluding hydrogens is 262 g/mol. The lowest BCUT2D eigenvalue weighted by molar-refractivity contribution is -0.384. The van der Waals surface area contributed by atoms with Crippen LogP contribution in [-0.2, 0) is 18.2 Å². The number of aromatic nitrogens is 2. The summed E-state index contributed by atoms with van der Waals surface area (Å²) >= 11 is 0. The second-order valence-electron chi connectivity index (χ2n) is 5.07. The van der Waals surface area contributed by atoms with E-state index in [-0.39, 0.29) is 22.8 Å². The molecule has 1 saturated heterocycles. The van der Waals surface area contributed by atoms with Gasteiger partial charge >= 0.3 is 5.69 Å². The molecule has 2 unspecified atom stereocenters. The van der Waals surface area contributed by atoms with Crippen molar-refractivity contribution < 1.29 is 9.66 Å². The zero-order valence-electron chi connectivity index (χ0n) is 12.1. The number of ether oxygens (including phenoxy) is 1. The first-order valence-corrected chi connectivity index (χ1v) is 6.78. The van der Waals surface area contributed by atoms with Gasteiger partial charge in [0, 0.05) is 26.2 Å². The zero-order valence-corrected chi connectivity index (χ0v) is 12.1. The molecule has 8 nitrogen and oxygen atoms in total. The Labute approximate surface area is 117 Å². The van der Waals surface area contributed by atoms with Crippen LogP contribution in [0.5, 0.6) is 0 Å². The van der Waals surface area contributed by atoms with Gasteiger partial charge in [-0.25, -0.2) is 4.68 Å². The maximum Gasteiger partial charge on any atom is 0.334 e. The largest absolute Gasteiger partial charge is 0.373 e. The average Bonchev–Trinajstić information content (AvgIpc) is 2.75. The molecule has 20 heavy (non-hydrogen) atoms. The van der Waals surface area contributed by atoms with Gasteiger partial charge in [-0.3, -0.25) is 10.1 Å². The third-order valence-corrected chi connectivity index (χ3v) is 3.56. The molecule has 112 valence electrons. The lowest BCUT2D eigenvalue weighted by atomic mass is 10.1. The van der Waals surface area contributed by atoms with Crippen LogP contribution >= 0.6 is 0 Å². The van der Waals surface area contributed by atoms with E-state index in [4.69, 9.17) is 10.5 Å². The van der Waals surface area contributed by atoms with Gasteiger partial charge in [0.2, 0.25) is 5.82 Å². The molecule has 0 aromatic carbocycles. The summed E-state index contributed by atoms with van der Waals surface area (Å²) < 4.78 is 7.18. The molecule has 0 spiro atoms. The number of aryl methyl sites for hydroxylation is 2. The first-order valence-electron chi connectivity index (χ1n) is 6.78. The smallest absolute Gasteiger partial charge is 0.334 e. The molecule has 1 aromatic heterocycles. The van der Waals surface area contributed by atoms with Crippen molar-refractivity contribution in [2.75, 3.05) is 24.6 Å². The fourth-order valence-electron chi connectivity index (χ4n) is 2.52. The number of nitro groups is 1. The maximum atomic E-state index is 11.3. The summed E-state index contributed by atoms with van der Waals surface area (Å²) in [5.74, 6) is 0.542. The summed E-state index contributed by atoms with van der Waals surface area (Å²) in [7, 11) is 1.73. The number of nitrogens with two attached hydrogens (primary N) is 1. The Balaban J connectivity index is 2.36. The van der Waals surface area contributed by atoms with Gasteiger partial charge in [0.15, 0.2) is 0 Å². The fourth-order valence-corrected chi connectivity index (χ4v) is 2.52. The Morgan fingerprint density at radius 3 is 2.90 bits per heavy atom. The maximum absolute atomic E-state index is 11.3. The molecule has 8 heteroatoms. The van der Waals surface area contributed by atoms with Gasteiger partial charge in [0.1, 0.15) is 5.69 Å². The van der Waals surface area contributed by atoms with E-state index in [1.165, 1.54) is 0 Å². The highest BCUT2D eigenvalue weighted by Gasteiger charge is 2.33. The Bertz CT molecular complexity index is 500. The predicted molar refractivity (Wildman–Crippen MR) is 74.8 cm³/mol. The Hall–Kier alpha value is -1.67. The summed E-state index contributed by atoms with van der Waals surface area (Å²) in [6, 6.07) is -0.115. The first-order chi connectivity index (χ1) is 9.45. The molecule has 2 N–H and O–H groups in total. The van der Waals surface area contributed by atoms with E-state index in [1.54, 1.807) is 11.7 Å². The monoisotopic (exact) mass is 283 g/mol. The van der Waals surface area contributed by atoms with Crippen LogP contribution in [0.1, 0.15) is 19.5 Å². The third-order valence-electron chi connectivity index (χ3n) is 3.56. The van der Waals surface area contributed by atoms with Crippen LogP contribution in [0, 0.1) is 10.1 Å². The molecule has 0 bridgehead atoms. The Morgan fingerprint density at radius 1 is 1.65 bits per heavy atom. The summed E-state index contributed by atoms with van der Waals surface area (Å²) in [4.78, 5) is 12.9. The minimum Gasteiger partial charge on any atom is -0.373 e. The van der Waals surface area contributed by atoms with Crippen molar-refractivity contribution in [3.8, 4) is 0 Å². The number of hydrogen-bond donors (Lipinski definition) is 1. The lowest BCUT2D eigenvalue weighted by Crippen LogP contribution is -2.50. The van der Waals surface area contributed by atoms with Crippen molar-refractivity contribution >= 4 is 11.5 Å². The molecule has 0 aliphatic carbocycles. The van der Waals surface area contributed by atoms with E-state index in [2.05, 4.69) is 5.10 Å². The number of rotatable bonds is 4. The summed E-state index contributed by atoms with van der Waals surface area (Å²) in [6.45, 7) is 5.40. The Morgan fingerprint density at radius 2 is 2.35 bits per heavy atom. The van der Waals surface area contributed by atoms with E-state index >= 15 is 0 Å². The number of hydrogen-bond acceptors (Lipinski definition) is 6. The van der Waals surface area contributed by atoms with Crippen LogP contribution in [0.4, 0.5) is 11.5 Å². The molecule has 1 aliphatic rings. The SMILES string of the molecule is CCc1nn(C)c(N2CCOC(C(C)N)C2)c1[N+](=O)[O-]. The molecule has 0 amide bonds. The topological polar surface area (TPSA) is 99.5 Å². The molecule has 2 rings (SSSR count). The molecule has 2 heterocycles. The van der Waals surface area contributed by atoms with Gasteiger partial charge in [-0.1, -0.05) is 6.92 Å². The molecule has 2 atom stereocenters. The molecule has 1 aromatic rings. The molecular formula is C12H21N5O3. The van der Waals surface area contributed by atoms with Crippen molar-refractivity contribution in [1.29, 1.82) is 0 Å². The normalized spacial score (nSPS) is 21.0. The standard InChI is InChI=1S/C12H21N5O3/c1-4-9-11(17(18)19)12(15(3)14-9)16-5-6-20-10(7-16)8(2)13/h8,10H,4-7,13H2,1-3H3. The van der Waals surface area contributed by atoms with E-state index in [0.717, 1.165) is 0 Å². The van der Waals surface area contributed by atoms with E-state index in [1.807, 2.05) is 18.7 Å². The van der Waals surface area contributed by atoms with E-state index in [0.29, 0.717) is 37.6 Å². The first kappa shape index (κ1) is 14.7. The van der Waals surface area contributed by atoms with Gasteiger partial charge in [-0.05, 0) is 13.3 Å². The highest BCUT2D eigenvalue weighted by Crippen LogP contribution is 2.32. The number of anilines is 1. The van der Waals surface area contributed by atoms with Crippen molar-refractivity contribution in [3.63, 3.8) is 0 Å². The lowest BCUT2D eigenvalue weighted by Gasteiger charge is -2.35. The van der Waals surface area contributed by atoms with Gasteiger partial charge in [-0.2, -0.15) is 5.10 Å². The van der Waals surface area contributed by atoms with Crippen LogP contribution in [0.25, 0.3) is 0 Å². The van der Waals surface area contributed by atoms with Crippen LogP contribution in [0.15, 0.2) is 0 Å². The summed E-state index contributed by atoms with van der Waals surface area (Å²) in [6.07, 6.45) is 0.411. The van der Waals surface area contributed by atoms with Crippen molar-refractivity contribution in [1.82, 2.24) is 9.78 Å². The predicted octanol–water partition coefficient (Wildman–Crippen LogP) is 0.443. The zero-order chi connectivity index (χ0) is 14.9. The van der Waals surface area contributed by atoms with Crippen LogP contribution < -0.4 is 10.6 Å². The van der Waals surface area contributed by atoms with Crippen molar-refractivity contribution in [2.24, 2.45) is 12.8 Å². The van der Waals surface area contributed by atoms with Gasteiger partial charge < -0.3 is 15.4 Å². The van der Waals surface area contributed by atoms with Crippen LogP contribution in [-0.4, -0.2) is 46.5 Å². The second kappa shape index (κ2) is 5.76. The van der Waals surface area contributed by atoms with Gasteiger partial charge in [0.05, 0.1) is 17.6 Å². The number of nitrogens with zero attached hydrogens (tertiary/aromatic N) is 4. The highest BCUT2D eigenvalue weighted by atomic mass is 16.6. The van der Waals surface area contributed by atoms with Crippen LogP contribution in [0.2, 0.25) is 0 Å². The van der Waals surface area contributed by atoms with E-state index in [9.17, 15) is 10.1 Å². The van der Waals surface area contributed by atoms with Gasteiger partial charge in [-0.15, -0.1) is 0 Å². The quantitative estimate of drug-likeness (QED) is 0.636.